The molecule has 0 fully saturated rings. The first-order valence-corrected chi connectivity index (χ1v) is 7.97. The van der Waals surface area contributed by atoms with Crippen LogP contribution in [0, 0.1) is 5.41 Å². The Morgan fingerprint density at radius 3 is 2.00 bits per heavy atom. The molecule has 0 bridgehead atoms. The first-order chi connectivity index (χ1) is 9.14. The van der Waals surface area contributed by atoms with Gasteiger partial charge in [0.05, 0.1) is 0 Å². The van der Waals surface area contributed by atoms with Crippen molar-refractivity contribution in [2.75, 3.05) is 6.54 Å². The molecule has 0 aromatic heterocycles. The van der Waals surface area contributed by atoms with Crippen LogP contribution in [0.15, 0.2) is 24.3 Å². The van der Waals surface area contributed by atoms with Crippen LogP contribution < -0.4 is 5.32 Å². The van der Waals surface area contributed by atoms with Gasteiger partial charge < -0.3 is 5.32 Å². The Bertz CT molecular complexity index is 395. The first kappa shape index (κ1) is 17.2. The molecule has 1 heteroatoms. The molecule has 20 heavy (non-hydrogen) atoms. The molecule has 0 radical (unpaired) electrons. The Morgan fingerprint density at radius 1 is 1.00 bits per heavy atom. The molecular weight excluding hydrogens is 242 g/mol. The Kier molecular flexibility index (Phi) is 5.82. The smallest absolute Gasteiger partial charge is 0.00438 e. The molecule has 1 aromatic rings. The highest BCUT2D eigenvalue weighted by atomic mass is 14.9. The van der Waals surface area contributed by atoms with Gasteiger partial charge in [0.15, 0.2) is 0 Å². The van der Waals surface area contributed by atoms with Crippen LogP contribution in [-0.4, -0.2) is 12.6 Å². The maximum absolute atomic E-state index is 3.52. The van der Waals surface area contributed by atoms with Gasteiger partial charge in [-0.3, -0.25) is 0 Å². The maximum Gasteiger partial charge on any atom is 0.00438 e. The SMILES string of the molecule is CCNC(C)CC(C)(C)Cc1ccc(C(C)(C)C)cc1. The first-order valence-electron chi connectivity index (χ1n) is 7.97. The van der Waals surface area contributed by atoms with E-state index in [2.05, 4.69) is 78.0 Å². The van der Waals surface area contributed by atoms with Gasteiger partial charge >= 0.3 is 0 Å². The van der Waals surface area contributed by atoms with Gasteiger partial charge in [0.1, 0.15) is 0 Å². The molecule has 1 unspecified atom stereocenters. The van der Waals surface area contributed by atoms with Crippen LogP contribution in [0.25, 0.3) is 0 Å². The van der Waals surface area contributed by atoms with Gasteiger partial charge in [-0.05, 0) is 48.3 Å². The van der Waals surface area contributed by atoms with Crippen molar-refractivity contribution in [2.24, 2.45) is 5.41 Å². The lowest BCUT2D eigenvalue weighted by molar-refractivity contribution is 0.289. The highest BCUT2D eigenvalue weighted by Crippen LogP contribution is 2.29. The van der Waals surface area contributed by atoms with Crippen LogP contribution in [-0.2, 0) is 11.8 Å². The Morgan fingerprint density at radius 2 is 1.55 bits per heavy atom. The average molecular weight is 275 g/mol. The third-order valence-electron chi connectivity index (χ3n) is 3.91. The Labute approximate surface area is 126 Å². The second-order valence-electron chi connectivity index (χ2n) is 7.95. The summed E-state index contributed by atoms with van der Waals surface area (Å²) in [4.78, 5) is 0. The maximum atomic E-state index is 3.52. The van der Waals surface area contributed by atoms with Crippen LogP contribution >= 0.6 is 0 Å². The van der Waals surface area contributed by atoms with Gasteiger partial charge in [-0.25, -0.2) is 0 Å². The van der Waals surface area contributed by atoms with Crippen LogP contribution in [0.1, 0.15) is 66.0 Å². The molecule has 1 nitrogen and oxygen atoms in total. The molecule has 0 saturated heterocycles. The zero-order chi connectivity index (χ0) is 15.4. The van der Waals surface area contributed by atoms with E-state index in [9.17, 15) is 0 Å². The molecule has 0 aliphatic rings. The summed E-state index contributed by atoms with van der Waals surface area (Å²) in [6, 6.07) is 9.78. The van der Waals surface area contributed by atoms with Gasteiger partial charge in [0, 0.05) is 6.04 Å². The number of rotatable bonds is 6. The van der Waals surface area contributed by atoms with E-state index in [4.69, 9.17) is 0 Å². The second kappa shape index (κ2) is 6.76. The van der Waals surface area contributed by atoms with E-state index < -0.39 is 0 Å². The highest BCUT2D eigenvalue weighted by Gasteiger charge is 2.21. The van der Waals surface area contributed by atoms with E-state index in [0.29, 0.717) is 11.5 Å². The Balaban J connectivity index is 2.68. The van der Waals surface area contributed by atoms with Crippen LogP contribution in [0.4, 0.5) is 0 Å². The van der Waals surface area contributed by atoms with E-state index in [1.165, 1.54) is 17.5 Å². The van der Waals surface area contributed by atoms with E-state index in [1.54, 1.807) is 0 Å². The summed E-state index contributed by atoms with van der Waals surface area (Å²) < 4.78 is 0. The normalized spacial score (nSPS) is 14.3. The molecule has 1 atom stereocenters. The molecule has 0 aliphatic heterocycles. The van der Waals surface area contributed by atoms with Crippen LogP contribution in [0.3, 0.4) is 0 Å². The van der Waals surface area contributed by atoms with Gasteiger partial charge in [0.2, 0.25) is 0 Å². The van der Waals surface area contributed by atoms with Crippen molar-refractivity contribution in [3.8, 4) is 0 Å². The zero-order valence-corrected chi connectivity index (χ0v) is 14.5. The quantitative estimate of drug-likeness (QED) is 0.775. The predicted molar refractivity (Wildman–Crippen MR) is 90.4 cm³/mol. The van der Waals surface area contributed by atoms with Crippen molar-refractivity contribution in [1.82, 2.24) is 5.32 Å². The molecule has 0 heterocycles. The largest absolute Gasteiger partial charge is 0.315 e. The van der Waals surface area contributed by atoms with Gasteiger partial charge in [-0.2, -0.15) is 0 Å². The fraction of sp³-hybridized carbons (Fsp3) is 0.684. The second-order valence-corrected chi connectivity index (χ2v) is 7.95. The lowest BCUT2D eigenvalue weighted by atomic mass is 9.79. The third-order valence-corrected chi connectivity index (χ3v) is 3.91. The van der Waals surface area contributed by atoms with Crippen LogP contribution in [0.2, 0.25) is 0 Å². The molecular formula is C19H33N. The van der Waals surface area contributed by atoms with Crippen molar-refractivity contribution >= 4 is 0 Å². The van der Waals surface area contributed by atoms with Gasteiger partial charge in [-0.1, -0.05) is 65.8 Å². The minimum Gasteiger partial charge on any atom is -0.315 e. The standard InChI is InChI=1S/C19H33N/c1-8-20-15(2)13-19(6,7)14-16-9-11-17(12-10-16)18(3,4)5/h9-12,15,20H,8,13-14H2,1-7H3. The highest BCUT2D eigenvalue weighted by molar-refractivity contribution is 5.28. The van der Waals surface area contributed by atoms with Crippen molar-refractivity contribution < 1.29 is 0 Å². The monoisotopic (exact) mass is 275 g/mol. The van der Waals surface area contributed by atoms with Crippen LogP contribution in [0.5, 0.6) is 0 Å². The summed E-state index contributed by atoms with van der Waals surface area (Å²) in [6.07, 6.45) is 2.36. The summed E-state index contributed by atoms with van der Waals surface area (Å²) in [5, 5.41) is 3.52. The lowest BCUT2D eigenvalue weighted by Crippen LogP contribution is -2.32. The average Bonchev–Trinajstić information content (AvgIpc) is 2.27. The number of nitrogens with one attached hydrogen (secondary N) is 1. The Hall–Kier alpha value is -0.820. The molecule has 1 rings (SSSR count). The molecule has 0 amide bonds. The summed E-state index contributed by atoms with van der Waals surface area (Å²) in [7, 11) is 0. The van der Waals surface area contributed by atoms with Gasteiger partial charge in [-0.15, -0.1) is 0 Å². The zero-order valence-electron chi connectivity index (χ0n) is 14.5. The van der Waals surface area contributed by atoms with E-state index in [1.807, 2.05) is 0 Å². The van der Waals surface area contributed by atoms with E-state index in [0.717, 1.165) is 13.0 Å². The number of hydrogen-bond acceptors (Lipinski definition) is 1. The molecule has 1 N–H and O–H groups in total. The predicted octanol–water partition coefficient (Wildman–Crippen LogP) is 4.94. The van der Waals surface area contributed by atoms with Crippen molar-refractivity contribution in [2.45, 2.75) is 72.8 Å². The molecule has 114 valence electrons. The third kappa shape index (κ3) is 5.66. The summed E-state index contributed by atoms with van der Waals surface area (Å²) >= 11 is 0. The molecule has 0 saturated carbocycles. The number of hydrogen-bond donors (Lipinski definition) is 1. The van der Waals surface area contributed by atoms with Crippen molar-refractivity contribution in [3.63, 3.8) is 0 Å². The fourth-order valence-corrected chi connectivity index (χ4v) is 3.00. The minimum atomic E-state index is 0.244. The minimum absolute atomic E-state index is 0.244. The lowest BCUT2D eigenvalue weighted by Gasteiger charge is -2.29. The summed E-state index contributed by atoms with van der Waals surface area (Å²) in [5.74, 6) is 0. The summed E-state index contributed by atoms with van der Waals surface area (Å²) in [6.45, 7) is 17.1. The van der Waals surface area contributed by atoms with Crippen molar-refractivity contribution in [1.29, 1.82) is 0 Å². The van der Waals surface area contributed by atoms with E-state index >= 15 is 0 Å². The number of benzene rings is 1. The topological polar surface area (TPSA) is 12.0 Å². The van der Waals surface area contributed by atoms with Crippen molar-refractivity contribution in [3.05, 3.63) is 35.4 Å². The fourth-order valence-electron chi connectivity index (χ4n) is 3.00. The molecule has 1 aromatic carbocycles. The van der Waals surface area contributed by atoms with Gasteiger partial charge in [0.25, 0.3) is 0 Å². The summed E-state index contributed by atoms with van der Waals surface area (Å²) in [5.41, 5.74) is 3.45. The van der Waals surface area contributed by atoms with E-state index in [-0.39, 0.29) is 5.41 Å². The molecule has 0 aliphatic carbocycles. The molecule has 0 spiro atoms.